The zero-order chi connectivity index (χ0) is 21.1. The average Bonchev–Trinajstić information content (AvgIpc) is 3.09. The Labute approximate surface area is 179 Å². The van der Waals surface area contributed by atoms with E-state index in [4.69, 9.17) is 16.3 Å². The van der Waals surface area contributed by atoms with E-state index in [0.29, 0.717) is 5.56 Å². The van der Waals surface area contributed by atoms with E-state index < -0.39 is 18.3 Å². The maximum absolute atomic E-state index is 12.2. The predicted octanol–water partition coefficient (Wildman–Crippen LogP) is 3.67. The highest BCUT2D eigenvalue weighted by Crippen LogP contribution is 2.44. The Kier molecular flexibility index (Phi) is 5.99. The van der Waals surface area contributed by atoms with Gasteiger partial charge in [-0.05, 0) is 28.3 Å². The number of fused-ring (bicyclic) bond motifs is 3. The Morgan fingerprint density at radius 3 is 2.30 bits per heavy atom. The molecule has 6 nitrogen and oxygen atoms in total. The topological polar surface area (TPSA) is 91.7 Å². The van der Waals surface area contributed by atoms with Crippen LogP contribution in [0.15, 0.2) is 66.9 Å². The van der Waals surface area contributed by atoms with Crippen LogP contribution in [0.25, 0.3) is 11.1 Å². The molecule has 0 saturated carbocycles. The number of carbonyl (C=O) groups excluding carboxylic acids is 1. The third kappa shape index (κ3) is 4.03. The molecule has 1 aromatic heterocycles. The molecule has 1 aliphatic carbocycles. The predicted molar refractivity (Wildman–Crippen MR) is 113 cm³/mol. The van der Waals surface area contributed by atoms with E-state index in [-0.39, 0.29) is 24.2 Å². The van der Waals surface area contributed by atoms with E-state index in [1.165, 1.54) is 6.20 Å². The van der Waals surface area contributed by atoms with Gasteiger partial charge in [-0.15, -0.1) is 0 Å². The number of nitrogens with one attached hydrogen (secondary N) is 1. The van der Waals surface area contributed by atoms with Gasteiger partial charge in [-0.25, -0.2) is 9.78 Å². The minimum atomic E-state index is -1.28. The summed E-state index contributed by atoms with van der Waals surface area (Å²) in [6.45, 7) is -0.0179. The van der Waals surface area contributed by atoms with Gasteiger partial charge in [-0.1, -0.05) is 66.2 Å². The smallest absolute Gasteiger partial charge is 0.407 e. The molecule has 0 aliphatic heterocycles. The van der Waals surface area contributed by atoms with Gasteiger partial charge in [0.2, 0.25) is 0 Å². The number of ether oxygens (including phenoxy) is 1. The SMILES string of the molecule is O=C(NCC(O)C(O)c1cccnc1Cl)OCC1c2ccccc2-c2ccccc21. The summed E-state index contributed by atoms with van der Waals surface area (Å²) in [5.74, 6) is -0.0483. The van der Waals surface area contributed by atoms with Crippen molar-refractivity contribution in [1.82, 2.24) is 10.3 Å². The Morgan fingerprint density at radius 2 is 1.67 bits per heavy atom. The molecule has 1 aliphatic rings. The average molecular weight is 425 g/mol. The first-order valence-electron chi connectivity index (χ1n) is 9.61. The Bertz CT molecular complexity index is 1010. The van der Waals surface area contributed by atoms with Crippen molar-refractivity contribution in [2.45, 2.75) is 18.1 Å². The number of rotatable bonds is 6. The summed E-state index contributed by atoms with van der Waals surface area (Å²) in [5.41, 5.74) is 4.82. The van der Waals surface area contributed by atoms with Crippen LogP contribution in [0, 0.1) is 0 Å². The number of amides is 1. The fourth-order valence-corrected chi connectivity index (χ4v) is 4.01. The third-order valence-electron chi connectivity index (χ3n) is 5.27. The van der Waals surface area contributed by atoms with E-state index in [9.17, 15) is 15.0 Å². The molecule has 1 amide bonds. The second-order valence-corrected chi connectivity index (χ2v) is 7.46. The second-order valence-electron chi connectivity index (χ2n) is 7.10. The fourth-order valence-electron chi connectivity index (χ4n) is 3.78. The number of nitrogens with zero attached hydrogens (tertiary/aromatic N) is 1. The summed E-state index contributed by atoms with van der Waals surface area (Å²) in [4.78, 5) is 16.1. The standard InChI is InChI=1S/C23H21ClN2O4/c24-22-18(10-5-11-25-22)21(28)20(27)12-26-23(29)30-13-19-16-8-3-1-6-14(16)15-7-2-4-9-17(15)19/h1-11,19-21,27-28H,12-13H2,(H,26,29). The van der Waals surface area contributed by atoms with Crippen LogP contribution in [-0.4, -0.2) is 40.5 Å². The molecule has 0 bridgehead atoms. The minimum absolute atomic E-state index is 0.0483. The normalized spacial score (nSPS) is 14.5. The number of hydrogen-bond donors (Lipinski definition) is 3. The van der Waals surface area contributed by atoms with Gasteiger partial charge in [0.1, 0.15) is 24.0 Å². The van der Waals surface area contributed by atoms with Crippen LogP contribution in [-0.2, 0) is 4.74 Å². The van der Waals surface area contributed by atoms with Crippen molar-refractivity contribution in [1.29, 1.82) is 0 Å². The molecule has 0 spiro atoms. The highest BCUT2D eigenvalue weighted by Gasteiger charge is 2.29. The van der Waals surface area contributed by atoms with Crippen molar-refractivity contribution in [2.75, 3.05) is 13.2 Å². The number of alkyl carbamates (subject to hydrolysis) is 1. The van der Waals surface area contributed by atoms with Gasteiger partial charge in [-0.2, -0.15) is 0 Å². The largest absolute Gasteiger partial charge is 0.449 e. The van der Waals surface area contributed by atoms with Crippen LogP contribution in [0.4, 0.5) is 4.79 Å². The number of aliphatic hydroxyl groups is 2. The molecular weight excluding hydrogens is 404 g/mol. The highest BCUT2D eigenvalue weighted by molar-refractivity contribution is 6.30. The molecule has 2 atom stereocenters. The molecule has 3 aromatic rings. The zero-order valence-electron chi connectivity index (χ0n) is 16.0. The molecule has 0 saturated heterocycles. The van der Waals surface area contributed by atoms with Crippen LogP contribution in [0.1, 0.15) is 28.7 Å². The van der Waals surface area contributed by atoms with E-state index in [2.05, 4.69) is 22.4 Å². The summed E-state index contributed by atoms with van der Waals surface area (Å²) in [6, 6.07) is 19.3. The Balaban J connectivity index is 1.35. The first-order valence-corrected chi connectivity index (χ1v) is 9.99. The summed E-state index contributed by atoms with van der Waals surface area (Å²) in [5, 5.41) is 23.0. The van der Waals surface area contributed by atoms with Gasteiger partial charge in [-0.3, -0.25) is 0 Å². The Morgan fingerprint density at radius 1 is 1.03 bits per heavy atom. The summed E-state index contributed by atoms with van der Waals surface area (Å²) in [7, 11) is 0. The number of aromatic nitrogens is 1. The number of pyridine rings is 1. The highest BCUT2D eigenvalue weighted by atomic mass is 35.5. The van der Waals surface area contributed by atoms with Gasteiger partial charge in [0.15, 0.2) is 0 Å². The number of hydrogen-bond acceptors (Lipinski definition) is 5. The zero-order valence-corrected chi connectivity index (χ0v) is 16.8. The van der Waals surface area contributed by atoms with Crippen LogP contribution in [0.2, 0.25) is 5.15 Å². The number of benzene rings is 2. The van der Waals surface area contributed by atoms with Gasteiger partial charge >= 0.3 is 6.09 Å². The first-order chi connectivity index (χ1) is 14.6. The van der Waals surface area contributed by atoms with Crippen LogP contribution >= 0.6 is 11.6 Å². The van der Waals surface area contributed by atoms with Crippen molar-refractivity contribution in [3.8, 4) is 11.1 Å². The van der Waals surface area contributed by atoms with E-state index in [0.717, 1.165) is 22.3 Å². The fraction of sp³-hybridized carbons (Fsp3) is 0.217. The molecule has 2 aromatic carbocycles. The molecule has 3 N–H and O–H groups in total. The Hall–Kier alpha value is -2.93. The molecule has 2 unspecified atom stereocenters. The third-order valence-corrected chi connectivity index (χ3v) is 5.59. The first kappa shape index (κ1) is 20.3. The number of aliphatic hydroxyl groups excluding tert-OH is 2. The maximum Gasteiger partial charge on any atom is 0.407 e. The summed E-state index contributed by atoms with van der Waals surface area (Å²) >= 11 is 5.94. The second kappa shape index (κ2) is 8.83. The quantitative estimate of drug-likeness (QED) is 0.525. The molecule has 1 heterocycles. The molecular formula is C23H21ClN2O4. The molecule has 30 heavy (non-hydrogen) atoms. The van der Waals surface area contributed by atoms with Crippen molar-refractivity contribution < 1.29 is 19.7 Å². The molecule has 4 rings (SSSR count). The van der Waals surface area contributed by atoms with Gasteiger partial charge in [0, 0.05) is 24.2 Å². The number of halogens is 1. The van der Waals surface area contributed by atoms with Crippen LogP contribution in [0.5, 0.6) is 0 Å². The lowest BCUT2D eigenvalue weighted by molar-refractivity contribution is 0.0184. The van der Waals surface area contributed by atoms with Crippen molar-refractivity contribution in [3.05, 3.63) is 88.7 Å². The summed E-state index contributed by atoms with van der Waals surface area (Å²) < 4.78 is 5.42. The van der Waals surface area contributed by atoms with Gasteiger partial charge < -0.3 is 20.3 Å². The van der Waals surface area contributed by atoms with E-state index in [1.54, 1.807) is 12.1 Å². The summed E-state index contributed by atoms with van der Waals surface area (Å²) in [6.07, 6.45) is -1.72. The lowest BCUT2D eigenvalue weighted by Gasteiger charge is -2.19. The van der Waals surface area contributed by atoms with Gasteiger partial charge in [0.25, 0.3) is 0 Å². The maximum atomic E-state index is 12.2. The van der Waals surface area contributed by atoms with Crippen molar-refractivity contribution >= 4 is 17.7 Å². The number of carbonyl (C=O) groups is 1. The molecule has 154 valence electrons. The van der Waals surface area contributed by atoms with Crippen molar-refractivity contribution in [3.63, 3.8) is 0 Å². The van der Waals surface area contributed by atoms with Crippen LogP contribution < -0.4 is 5.32 Å². The van der Waals surface area contributed by atoms with Gasteiger partial charge in [0.05, 0.1) is 0 Å². The molecule has 7 heteroatoms. The van der Waals surface area contributed by atoms with E-state index >= 15 is 0 Å². The molecule has 0 radical (unpaired) electrons. The lowest BCUT2D eigenvalue weighted by atomic mass is 9.98. The molecule has 0 fully saturated rings. The van der Waals surface area contributed by atoms with Crippen LogP contribution in [0.3, 0.4) is 0 Å². The van der Waals surface area contributed by atoms with E-state index in [1.807, 2.05) is 36.4 Å². The van der Waals surface area contributed by atoms with Crippen molar-refractivity contribution in [2.24, 2.45) is 0 Å². The lowest BCUT2D eigenvalue weighted by Crippen LogP contribution is -2.36. The monoisotopic (exact) mass is 424 g/mol. The minimum Gasteiger partial charge on any atom is -0.449 e.